The Morgan fingerprint density at radius 1 is 1.37 bits per heavy atom. The molecule has 0 atom stereocenters. The number of hydrogen-bond donors (Lipinski definition) is 3. The SMILES string of the molecule is CNC(=O)Cn1c(NC)nc2c1c(=O)[nH]c(=O)n2C. The molecule has 2 rings (SSSR count). The molecule has 2 aromatic rings. The van der Waals surface area contributed by atoms with Crippen molar-refractivity contribution in [3.63, 3.8) is 0 Å². The maximum Gasteiger partial charge on any atom is 0.329 e. The van der Waals surface area contributed by atoms with Crippen molar-refractivity contribution in [1.29, 1.82) is 0 Å². The van der Waals surface area contributed by atoms with E-state index >= 15 is 0 Å². The number of aromatic amines is 1. The molecule has 0 radical (unpaired) electrons. The van der Waals surface area contributed by atoms with Gasteiger partial charge in [-0.15, -0.1) is 0 Å². The lowest BCUT2D eigenvalue weighted by Crippen LogP contribution is -2.30. The van der Waals surface area contributed by atoms with Gasteiger partial charge in [-0.05, 0) is 0 Å². The van der Waals surface area contributed by atoms with Gasteiger partial charge < -0.3 is 10.6 Å². The van der Waals surface area contributed by atoms with Crippen molar-refractivity contribution in [2.45, 2.75) is 6.54 Å². The highest BCUT2D eigenvalue weighted by atomic mass is 16.2. The van der Waals surface area contributed by atoms with E-state index < -0.39 is 11.2 Å². The Morgan fingerprint density at radius 3 is 2.63 bits per heavy atom. The number of aromatic nitrogens is 4. The highest BCUT2D eigenvalue weighted by Gasteiger charge is 2.17. The standard InChI is InChI=1S/C10H14N6O3/c1-11-5(17)4-16-6-7(13-9(16)12-2)15(3)10(19)14-8(6)18/h4H2,1-3H3,(H,11,17)(H,12,13)(H,14,18,19). The zero-order valence-corrected chi connectivity index (χ0v) is 10.8. The van der Waals surface area contributed by atoms with Gasteiger partial charge in [-0.1, -0.05) is 0 Å². The van der Waals surface area contributed by atoms with Crippen LogP contribution < -0.4 is 21.9 Å². The summed E-state index contributed by atoms with van der Waals surface area (Å²) in [6.45, 7) is -0.0650. The third-order valence-electron chi connectivity index (χ3n) is 2.81. The van der Waals surface area contributed by atoms with E-state index in [1.165, 1.54) is 23.2 Å². The van der Waals surface area contributed by atoms with E-state index in [1.54, 1.807) is 7.05 Å². The molecule has 0 aliphatic heterocycles. The summed E-state index contributed by atoms with van der Waals surface area (Å²) in [5.41, 5.74) is -0.724. The summed E-state index contributed by atoms with van der Waals surface area (Å²) in [5, 5.41) is 5.26. The van der Waals surface area contributed by atoms with E-state index in [0.717, 1.165) is 0 Å². The first-order valence-corrected chi connectivity index (χ1v) is 5.57. The van der Waals surface area contributed by atoms with Crippen LogP contribution in [-0.2, 0) is 18.4 Å². The molecule has 0 aliphatic carbocycles. The number of hydrogen-bond acceptors (Lipinski definition) is 5. The minimum absolute atomic E-state index is 0.0650. The van der Waals surface area contributed by atoms with Gasteiger partial charge in [0.25, 0.3) is 5.56 Å². The number of likely N-dealkylation sites (N-methyl/N-ethyl adjacent to an activating group) is 1. The molecule has 0 saturated carbocycles. The summed E-state index contributed by atoms with van der Waals surface area (Å²) in [6, 6.07) is 0. The van der Waals surface area contributed by atoms with Crippen LogP contribution in [0, 0.1) is 0 Å². The number of aryl methyl sites for hydroxylation is 1. The van der Waals surface area contributed by atoms with Crippen LogP contribution in [0.3, 0.4) is 0 Å². The van der Waals surface area contributed by atoms with Crippen molar-refractivity contribution in [2.24, 2.45) is 7.05 Å². The number of nitrogens with one attached hydrogen (secondary N) is 3. The number of carbonyl (C=O) groups excluding carboxylic acids is 1. The largest absolute Gasteiger partial charge is 0.359 e. The van der Waals surface area contributed by atoms with Gasteiger partial charge in [-0.3, -0.25) is 23.7 Å². The number of carbonyl (C=O) groups is 1. The van der Waals surface area contributed by atoms with Gasteiger partial charge in [0.15, 0.2) is 11.2 Å². The Morgan fingerprint density at radius 2 is 2.05 bits per heavy atom. The van der Waals surface area contributed by atoms with Gasteiger partial charge in [-0.2, -0.15) is 4.98 Å². The Bertz CT molecular complexity index is 753. The molecule has 102 valence electrons. The van der Waals surface area contributed by atoms with E-state index in [2.05, 4.69) is 20.6 Å². The summed E-state index contributed by atoms with van der Waals surface area (Å²) in [4.78, 5) is 41.2. The maximum atomic E-state index is 11.9. The second-order valence-electron chi connectivity index (χ2n) is 3.94. The van der Waals surface area contributed by atoms with Gasteiger partial charge in [0.05, 0.1) is 0 Å². The topological polar surface area (TPSA) is 114 Å². The van der Waals surface area contributed by atoms with Gasteiger partial charge in [0.1, 0.15) is 6.54 Å². The Kier molecular flexibility index (Phi) is 3.11. The number of imidazole rings is 1. The van der Waals surface area contributed by atoms with E-state index in [1.807, 2.05) is 0 Å². The van der Waals surface area contributed by atoms with Crippen LogP contribution in [-0.4, -0.2) is 39.1 Å². The predicted molar refractivity (Wildman–Crippen MR) is 69.2 cm³/mol. The molecule has 19 heavy (non-hydrogen) atoms. The van der Waals surface area contributed by atoms with Crippen molar-refractivity contribution in [3.8, 4) is 0 Å². The summed E-state index contributed by atoms with van der Waals surface area (Å²) in [7, 11) is 4.62. The molecule has 0 saturated heterocycles. The first-order chi connectivity index (χ1) is 8.99. The first kappa shape index (κ1) is 12.9. The van der Waals surface area contributed by atoms with Gasteiger partial charge in [0, 0.05) is 21.1 Å². The average Bonchev–Trinajstić information content (AvgIpc) is 2.75. The second-order valence-corrected chi connectivity index (χ2v) is 3.94. The minimum Gasteiger partial charge on any atom is -0.359 e. The molecule has 3 N–H and O–H groups in total. The monoisotopic (exact) mass is 266 g/mol. The molecular weight excluding hydrogens is 252 g/mol. The minimum atomic E-state index is -0.573. The number of amides is 1. The highest BCUT2D eigenvalue weighted by Crippen LogP contribution is 2.14. The fraction of sp³-hybridized carbons (Fsp3) is 0.400. The lowest BCUT2D eigenvalue weighted by molar-refractivity contribution is -0.121. The third-order valence-corrected chi connectivity index (χ3v) is 2.81. The van der Waals surface area contributed by atoms with E-state index in [0.29, 0.717) is 5.95 Å². The molecule has 0 spiro atoms. The molecule has 2 heterocycles. The van der Waals surface area contributed by atoms with Crippen molar-refractivity contribution in [1.82, 2.24) is 24.4 Å². The van der Waals surface area contributed by atoms with Crippen LogP contribution in [0.5, 0.6) is 0 Å². The average molecular weight is 266 g/mol. The van der Waals surface area contributed by atoms with Crippen LogP contribution in [0.25, 0.3) is 11.2 Å². The fourth-order valence-corrected chi connectivity index (χ4v) is 1.80. The Hall–Kier alpha value is -2.58. The van der Waals surface area contributed by atoms with Gasteiger partial charge in [-0.25, -0.2) is 4.79 Å². The Labute approximate surface area is 107 Å². The summed E-state index contributed by atoms with van der Waals surface area (Å²) < 4.78 is 2.64. The molecule has 0 unspecified atom stereocenters. The van der Waals surface area contributed by atoms with Crippen LogP contribution >= 0.6 is 0 Å². The zero-order valence-electron chi connectivity index (χ0n) is 10.8. The molecule has 2 aromatic heterocycles. The molecule has 9 heteroatoms. The first-order valence-electron chi connectivity index (χ1n) is 5.57. The molecule has 1 amide bonds. The lowest BCUT2D eigenvalue weighted by Gasteiger charge is -2.06. The zero-order chi connectivity index (χ0) is 14.2. The molecule has 0 bridgehead atoms. The van der Waals surface area contributed by atoms with E-state index in [9.17, 15) is 14.4 Å². The van der Waals surface area contributed by atoms with E-state index in [-0.39, 0.29) is 23.6 Å². The number of nitrogens with zero attached hydrogens (tertiary/aromatic N) is 3. The molecule has 0 aliphatic rings. The fourth-order valence-electron chi connectivity index (χ4n) is 1.80. The smallest absolute Gasteiger partial charge is 0.329 e. The van der Waals surface area contributed by atoms with Crippen LogP contribution in [0.4, 0.5) is 5.95 Å². The van der Waals surface area contributed by atoms with Crippen molar-refractivity contribution >= 4 is 23.0 Å². The van der Waals surface area contributed by atoms with Crippen LogP contribution in [0.15, 0.2) is 9.59 Å². The summed E-state index contributed by atoms with van der Waals surface area (Å²) in [6.07, 6.45) is 0. The second kappa shape index (κ2) is 4.59. The quantitative estimate of drug-likeness (QED) is 0.607. The third kappa shape index (κ3) is 1.98. The molecule has 0 aromatic carbocycles. The number of fused-ring (bicyclic) bond motifs is 1. The van der Waals surface area contributed by atoms with Crippen molar-refractivity contribution in [3.05, 3.63) is 20.8 Å². The summed E-state index contributed by atoms with van der Waals surface area (Å²) >= 11 is 0. The van der Waals surface area contributed by atoms with E-state index in [4.69, 9.17) is 0 Å². The van der Waals surface area contributed by atoms with Gasteiger partial charge >= 0.3 is 5.69 Å². The van der Waals surface area contributed by atoms with Crippen LogP contribution in [0.2, 0.25) is 0 Å². The Balaban J connectivity index is 2.81. The number of anilines is 1. The molecule has 0 fully saturated rings. The number of H-pyrrole nitrogens is 1. The normalized spacial score (nSPS) is 10.7. The van der Waals surface area contributed by atoms with Crippen LogP contribution in [0.1, 0.15) is 0 Å². The van der Waals surface area contributed by atoms with Crippen molar-refractivity contribution < 1.29 is 4.79 Å². The molecular formula is C10H14N6O3. The number of rotatable bonds is 3. The molecule has 9 nitrogen and oxygen atoms in total. The van der Waals surface area contributed by atoms with Crippen molar-refractivity contribution in [2.75, 3.05) is 19.4 Å². The lowest BCUT2D eigenvalue weighted by atomic mass is 10.5. The van der Waals surface area contributed by atoms with Gasteiger partial charge in [0.2, 0.25) is 11.9 Å². The summed E-state index contributed by atoms with van der Waals surface area (Å²) in [5.74, 6) is 0.0642. The predicted octanol–water partition coefficient (Wildman–Crippen LogP) is -1.79. The maximum absolute atomic E-state index is 11.9. The highest BCUT2D eigenvalue weighted by molar-refractivity contribution is 5.80.